The maximum absolute atomic E-state index is 9.16. The van der Waals surface area contributed by atoms with E-state index in [4.69, 9.17) is 10.3 Å². The highest BCUT2D eigenvalue weighted by molar-refractivity contribution is 6.05. The minimum absolute atomic E-state index is 0.155. The molecule has 1 aliphatic carbocycles. The van der Waals surface area contributed by atoms with Crippen LogP contribution in [-0.2, 0) is 6.42 Å². The molecule has 0 N–H and O–H groups in total. The van der Waals surface area contributed by atoms with E-state index < -0.39 is 0 Å². The summed E-state index contributed by atoms with van der Waals surface area (Å²) in [6.07, 6.45) is 1.87. The summed E-state index contributed by atoms with van der Waals surface area (Å²) >= 11 is 0. The summed E-state index contributed by atoms with van der Waals surface area (Å²) in [7, 11) is 0. The van der Waals surface area contributed by atoms with E-state index in [9.17, 15) is 0 Å². The van der Waals surface area contributed by atoms with Crippen molar-refractivity contribution >= 4 is 5.71 Å². The van der Waals surface area contributed by atoms with Gasteiger partial charge < -0.3 is 0 Å². The minimum atomic E-state index is 0.155. The monoisotopic (exact) mass is 260 g/mol. The van der Waals surface area contributed by atoms with Gasteiger partial charge in [0.05, 0.1) is 17.7 Å². The Morgan fingerprint density at radius 3 is 2.60 bits per heavy atom. The molecule has 0 radical (unpaired) electrons. The highest BCUT2D eigenvalue weighted by Crippen LogP contribution is 2.28. The van der Waals surface area contributed by atoms with Crippen LogP contribution in [0.25, 0.3) is 0 Å². The Kier molecular flexibility index (Phi) is 3.35. The lowest BCUT2D eigenvalue weighted by atomic mass is 10.0. The van der Waals surface area contributed by atoms with Crippen molar-refractivity contribution in [3.63, 3.8) is 0 Å². The molecule has 0 aromatic heterocycles. The molecule has 3 rings (SSSR count). The number of nitriles is 1. The second-order valence-electron chi connectivity index (χ2n) is 5.11. The molecular weight excluding hydrogens is 244 g/mol. The fourth-order valence-electron chi connectivity index (χ4n) is 2.78. The maximum atomic E-state index is 9.16. The van der Waals surface area contributed by atoms with Gasteiger partial charge in [-0.3, -0.25) is 4.99 Å². The van der Waals surface area contributed by atoms with Crippen LogP contribution in [0.15, 0.2) is 53.5 Å². The minimum Gasteiger partial charge on any atom is -0.281 e. The van der Waals surface area contributed by atoms with Gasteiger partial charge in [0.25, 0.3) is 0 Å². The summed E-state index contributed by atoms with van der Waals surface area (Å²) in [5, 5.41) is 9.16. The van der Waals surface area contributed by atoms with Crippen LogP contribution in [0, 0.1) is 11.3 Å². The summed E-state index contributed by atoms with van der Waals surface area (Å²) in [5.74, 6) is 0. The first-order valence-electron chi connectivity index (χ1n) is 6.93. The fraction of sp³-hybridized carbons (Fsp3) is 0.222. The van der Waals surface area contributed by atoms with Crippen LogP contribution >= 0.6 is 0 Å². The normalized spacial score (nSPS) is 16.7. The molecule has 0 amide bonds. The van der Waals surface area contributed by atoms with Gasteiger partial charge in [-0.2, -0.15) is 5.26 Å². The highest BCUT2D eigenvalue weighted by Gasteiger charge is 2.21. The third-order valence-electron chi connectivity index (χ3n) is 3.85. The summed E-state index contributed by atoms with van der Waals surface area (Å²) < 4.78 is 0. The summed E-state index contributed by atoms with van der Waals surface area (Å²) in [6.45, 7) is 2.12. The second kappa shape index (κ2) is 5.30. The first kappa shape index (κ1) is 12.6. The van der Waals surface area contributed by atoms with E-state index in [0.717, 1.165) is 35.2 Å². The van der Waals surface area contributed by atoms with E-state index >= 15 is 0 Å². The Morgan fingerprint density at radius 2 is 1.85 bits per heavy atom. The smallest absolute Gasteiger partial charge is 0.0994 e. The number of rotatable bonds is 2. The van der Waals surface area contributed by atoms with Gasteiger partial charge in [-0.25, -0.2) is 0 Å². The van der Waals surface area contributed by atoms with Gasteiger partial charge in [-0.05, 0) is 37.0 Å². The zero-order valence-electron chi connectivity index (χ0n) is 11.5. The van der Waals surface area contributed by atoms with Crippen LogP contribution in [0.5, 0.6) is 0 Å². The molecule has 0 spiro atoms. The Hall–Kier alpha value is -2.40. The van der Waals surface area contributed by atoms with Crippen LogP contribution in [0.3, 0.4) is 0 Å². The lowest BCUT2D eigenvalue weighted by Gasteiger charge is -2.09. The van der Waals surface area contributed by atoms with E-state index in [1.165, 1.54) is 5.56 Å². The molecule has 0 aliphatic heterocycles. The third-order valence-corrected chi connectivity index (χ3v) is 3.85. The molecule has 0 saturated carbocycles. The molecule has 1 aliphatic rings. The number of hydrogen-bond acceptors (Lipinski definition) is 2. The number of benzene rings is 2. The van der Waals surface area contributed by atoms with Crippen LogP contribution in [-0.4, -0.2) is 5.71 Å². The summed E-state index contributed by atoms with van der Waals surface area (Å²) in [6, 6.07) is 18.7. The lowest BCUT2D eigenvalue weighted by Crippen LogP contribution is -1.99. The molecule has 1 unspecified atom stereocenters. The molecule has 2 nitrogen and oxygen atoms in total. The Labute approximate surface area is 119 Å². The highest BCUT2D eigenvalue weighted by atomic mass is 14.8. The number of fused-ring (bicyclic) bond motifs is 1. The Bertz CT molecular complexity index is 693. The van der Waals surface area contributed by atoms with Gasteiger partial charge in [0.1, 0.15) is 0 Å². The first-order valence-corrected chi connectivity index (χ1v) is 6.93. The van der Waals surface area contributed by atoms with E-state index in [1.807, 2.05) is 30.3 Å². The molecule has 20 heavy (non-hydrogen) atoms. The van der Waals surface area contributed by atoms with Crippen molar-refractivity contribution in [1.82, 2.24) is 0 Å². The lowest BCUT2D eigenvalue weighted by molar-refractivity contribution is 0.816. The quantitative estimate of drug-likeness (QED) is 0.802. The van der Waals surface area contributed by atoms with Crippen molar-refractivity contribution in [3.8, 4) is 6.07 Å². The molecule has 1 atom stereocenters. The van der Waals surface area contributed by atoms with Crippen LogP contribution in [0.1, 0.15) is 41.6 Å². The predicted octanol–water partition coefficient (Wildman–Crippen LogP) is 4.05. The maximum Gasteiger partial charge on any atom is 0.0994 e. The van der Waals surface area contributed by atoms with Gasteiger partial charge in [0.2, 0.25) is 0 Å². The average Bonchev–Trinajstić information content (AvgIpc) is 2.91. The Balaban J connectivity index is 1.96. The molecule has 2 aromatic rings. The van der Waals surface area contributed by atoms with Gasteiger partial charge in [0, 0.05) is 11.3 Å². The van der Waals surface area contributed by atoms with E-state index in [0.29, 0.717) is 0 Å². The standard InChI is InChI=1S/C18H16N2/c1-13(14-6-3-2-4-7-14)20-18-11-10-16-15(12-19)8-5-9-17(16)18/h2-9,13H,10-11H2,1H3. The van der Waals surface area contributed by atoms with E-state index in [2.05, 4.69) is 31.2 Å². The first-order chi connectivity index (χ1) is 9.79. The van der Waals surface area contributed by atoms with E-state index in [1.54, 1.807) is 0 Å². The second-order valence-corrected chi connectivity index (χ2v) is 5.11. The zero-order chi connectivity index (χ0) is 13.9. The molecule has 0 saturated heterocycles. The van der Waals surface area contributed by atoms with Gasteiger partial charge >= 0.3 is 0 Å². The van der Waals surface area contributed by atoms with Gasteiger partial charge in [-0.1, -0.05) is 42.5 Å². The van der Waals surface area contributed by atoms with Gasteiger partial charge in [0.15, 0.2) is 0 Å². The van der Waals surface area contributed by atoms with Crippen LogP contribution in [0.4, 0.5) is 0 Å². The van der Waals surface area contributed by atoms with Crippen molar-refractivity contribution in [2.45, 2.75) is 25.8 Å². The van der Waals surface area contributed by atoms with Crippen molar-refractivity contribution in [2.24, 2.45) is 4.99 Å². The van der Waals surface area contributed by atoms with Gasteiger partial charge in [-0.15, -0.1) is 0 Å². The molecular formula is C18H16N2. The average molecular weight is 260 g/mol. The zero-order valence-corrected chi connectivity index (χ0v) is 11.5. The predicted molar refractivity (Wildman–Crippen MR) is 80.9 cm³/mol. The SMILES string of the molecule is CC(N=C1CCc2c(C#N)cccc21)c1ccccc1. The van der Waals surface area contributed by atoms with Crippen LogP contribution in [0.2, 0.25) is 0 Å². The van der Waals surface area contributed by atoms with Crippen molar-refractivity contribution in [3.05, 3.63) is 70.8 Å². The number of nitrogens with zero attached hydrogens (tertiary/aromatic N) is 2. The third kappa shape index (κ3) is 2.23. The largest absolute Gasteiger partial charge is 0.281 e. The van der Waals surface area contributed by atoms with Crippen LogP contribution < -0.4 is 0 Å². The van der Waals surface area contributed by atoms with E-state index in [-0.39, 0.29) is 6.04 Å². The molecule has 2 aromatic carbocycles. The fourth-order valence-corrected chi connectivity index (χ4v) is 2.78. The topological polar surface area (TPSA) is 36.1 Å². The summed E-state index contributed by atoms with van der Waals surface area (Å²) in [4.78, 5) is 4.87. The molecule has 0 fully saturated rings. The van der Waals surface area contributed by atoms with Crippen molar-refractivity contribution in [2.75, 3.05) is 0 Å². The molecule has 2 heteroatoms. The Morgan fingerprint density at radius 1 is 1.05 bits per heavy atom. The van der Waals surface area contributed by atoms with Crippen molar-refractivity contribution < 1.29 is 0 Å². The molecule has 98 valence electrons. The molecule has 0 bridgehead atoms. The number of hydrogen-bond donors (Lipinski definition) is 0. The summed E-state index contributed by atoms with van der Waals surface area (Å²) in [5.41, 5.74) is 5.47. The molecule has 0 heterocycles. The van der Waals surface area contributed by atoms with Crippen molar-refractivity contribution in [1.29, 1.82) is 5.26 Å². The number of aliphatic imine (C=N–C) groups is 1.